The summed E-state index contributed by atoms with van der Waals surface area (Å²) in [6, 6.07) is 16.7. The minimum Gasteiger partial charge on any atom is -0.489 e. The average Bonchev–Trinajstić information content (AvgIpc) is 2.45. The van der Waals surface area contributed by atoms with Crippen LogP contribution in [-0.2, 0) is 0 Å². The smallest absolute Gasteiger partial charge is 0.137 e. The second kappa shape index (κ2) is 6.03. The van der Waals surface area contributed by atoms with E-state index >= 15 is 0 Å². The van der Waals surface area contributed by atoms with Crippen LogP contribution in [0.1, 0.15) is 22.8 Å². The zero-order valence-corrected chi connectivity index (χ0v) is 10.7. The standard InChI is InChI=1S/C16H15NO2/c1-12-6-8-13(9-7-12)15(18)11-19-16-5-3-2-4-14(16)10-17/h2-9,15,18H,11H2,1H3. The predicted molar refractivity (Wildman–Crippen MR) is 72.8 cm³/mol. The molecule has 0 heterocycles. The second-order valence-electron chi connectivity index (χ2n) is 4.35. The Bertz CT molecular complexity index is 584. The van der Waals surface area contributed by atoms with Gasteiger partial charge in [-0.1, -0.05) is 42.0 Å². The first-order valence-electron chi connectivity index (χ1n) is 6.07. The van der Waals surface area contributed by atoms with Crippen LogP contribution < -0.4 is 4.74 Å². The number of para-hydroxylation sites is 1. The topological polar surface area (TPSA) is 53.2 Å². The van der Waals surface area contributed by atoms with Crippen LogP contribution in [0, 0.1) is 18.3 Å². The molecule has 2 aromatic carbocycles. The van der Waals surface area contributed by atoms with Crippen molar-refractivity contribution in [3.63, 3.8) is 0 Å². The fraction of sp³-hybridized carbons (Fsp3) is 0.188. The molecule has 0 aliphatic rings. The third-order valence-corrected chi connectivity index (χ3v) is 2.87. The van der Waals surface area contributed by atoms with Gasteiger partial charge in [0, 0.05) is 0 Å². The van der Waals surface area contributed by atoms with E-state index in [1.807, 2.05) is 31.2 Å². The normalized spacial score (nSPS) is 11.6. The third-order valence-electron chi connectivity index (χ3n) is 2.87. The summed E-state index contributed by atoms with van der Waals surface area (Å²) in [5.41, 5.74) is 2.42. The minimum atomic E-state index is -0.702. The molecule has 1 atom stereocenters. The average molecular weight is 253 g/mol. The lowest BCUT2D eigenvalue weighted by Crippen LogP contribution is -2.10. The van der Waals surface area contributed by atoms with Crippen LogP contribution >= 0.6 is 0 Å². The Balaban J connectivity index is 2.02. The number of benzene rings is 2. The van der Waals surface area contributed by atoms with Crippen LogP contribution in [0.15, 0.2) is 48.5 Å². The molecule has 2 aromatic rings. The number of hydrogen-bond donors (Lipinski definition) is 1. The van der Waals surface area contributed by atoms with Crippen molar-refractivity contribution in [3.8, 4) is 11.8 Å². The van der Waals surface area contributed by atoms with Gasteiger partial charge in [-0.2, -0.15) is 5.26 Å². The largest absolute Gasteiger partial charge is 0.489 e. The van der Waals surface area contributed by atoms with Crippen LogP contribution in [0.4, 0.5) is 0 Å². The lowest BCUT2D eigenvalue weighted by molar-refractivity contribution is 0.108. The van der Waals surface area contributed by atoms with Gasteiger partial charge >= 0.3 is 0 Å². The lowest BCUT2D eigenvalue weighted by atomic mass is 10.1. The maximum Gasteiger partial charge on any atom is 0.137 e. The highest BCUT2D eigenvalue weighted by atomic mass is 16.5. The highest BCUT2D eigenvalue weighted by molar-refractivity contribution is 5.42. The molecule has 0 aliphatic heterocycles. The predicted octanol–water partition coefficient (Wildman–Crippen LogP) is 2.98. The molecule has 0 spiro atoms. The van der Waals surface area contributed by atoms with Gasteiger partial charge in [-0.3, -0.25) is 0 Å². The van der Waals surface area contributed by atoms with Crippen LogP contribution in [0.2, 0.25) is 0 Å². The summed E-state index contributed by atoms with van der Waals surface area (Å²) in [6.45, 7) is 2.12. The Hall–Kier alpha value is -2.31. The van der Waals surface area contributed by atoms with Gasteiger partial charge in [0.1, 0.15) is 24.5 Å². The zero-order chi connectivity index (χ0) is 13.7. The number of aliphatic hydroxyl groups excluding tert-OH is 1. The van der Waals surface area contributed by atoms with E-state index < -0.39 is 6.10 Å². The fourth-order valence-corrected chi connectivity index (χ4v) is 1.74. The molecule has 1 unspecified atom stereocenters. The van der Waals surface area contributed by atoms with Crippen molar-refractivity contribution in [3.05, 3.63) is 65.2 Å². The highest BCUT2D eigenvalue weighted by Crippen LogP contribution is 2.20. The monoisotopic (exact) mass is 253 g/mol. The summed E-state index contributed by atoms with van der Waals surface area (Å²) in [7, 11) is 0. The number of aryl methyl sites for hydroxylation is 1. The second-order valence-corrected chi connectivity index (χ2v) is 4.35. The summed E-state index contributed by atoms with van der Waals surface area (Å²) in [6.07, 6.45) is -0.702. The van der Waals surface area contributed by atoms with Crippen molar-refractivity contribution in [1.29, 1.82) is 5.26 Å². The first-order valence-corrected chi connectivity index (χ1v) is 6.07. The molecular weight excluding hydrogens is 238 g/mol. The maximum atomic E-state index is 10.0. The highest BCUT2D eigenvalue weighted by Gasteiger charge is 2.09. The molecule has 2 rings (SSSR count). The van der Waals surface area contributed by atoms with E-state index in [0.717, 1.165) is 11.1 Å². The molecule has 0 radical (unpaired) electrons. The van der Waals surface area contributed by atoms with E-state index in [1.54, 1.807) is 24.3 Å². The fourth-order valence-electron chi connectivity index (χ4n) is 1.74. The minimum absolute atomic E-state index is 0.127. The van der Waals surface area contributed by atoms with Crippen LogP contribution in [0.25, 0.3) is 0 Å². The molecule has 0 aliphatic carbocycles. The van der Waals surface area contributed by atoms with Crippen LogP contribution in [-0.4, -0.2) is 11.7 Å². The van der Waals surface area contributed by atoms with E-state index in [-0.39, 0.29) is 6.61 Å². The summed E-state index contributed by atoms with van der Waals surface area (Å²) in [4.78, 5) is 0. The van der Waals surface area contributed by atoms with Crippen molar-refractivity contribution in [1.82, 2.24) is 0 Å². The van der Waals surface area contributed by atoms with Gasteiger partial charge in [-0.25, -0.2) is 0 Å². The van der Waals surface area contributed by atoms with Gasteiger partial charge in [0.05, 0.1) is 5.56 Å². The zero-order valence-electron chi connectivity index (χ0n) is 10.7. The molecule has 19 heavy (non-hydrogen) atoms. The number of ether oxygens (including phenoxy) is 1. The summed E-state index contributed by atoms with van der Waals surface area (Å²) in [5.74, 6) is 0.496. The van der Waals surface area contributed by atoms with Crippen molar-refractivity contribution >= 4 is 0 Å². The van der Waals surface area contributed by atoms with Crippen LogP contribution in [0.3, 0.4) is 0 Å². The summed E-state index contributed by atoms with van der Waals surface area (Å²) >= 11 is 0. The van der Waals surface area contributed by atoms with Gasteiger partial charge in [-0.15, -0.1) is 0 Å². The van der Waals surface area contributed by atoms with Crippen molar-refractivity contribution in [2.45, 2.75) is 13.0 Å². The molecular formula is C16H15NO2. The summed E-state index contributed by atoms with van der Waals surface area (Å²) in [5, 5.41) is 19.0. The van der Waals surface area contributed by atoms with Gasteiger partial charge in [0.2, 0.25) is 0 Å². The Kier molecular flexibility index (Phi) is 4.17. The number of nitrogens with zero attached hydrogens (tertiary/aromatic N) is 1. The number of nitriles is 1. The molecule has 1 N–H and O–H groups in total. The Morgan fingerprint density at radius 1 is 1.16 bits per heavy atom. The van der Waals surface area contributed by atoms with Crippen LogP contribution in [0.5, 0.6) is 5.75 Å². The molecule has 0 saturated carbocycles. The molecule has 0 fully saturated rings. The lowest BCUT2D eigenvalue weighted by Gasteiger charge is -2.13. The van der Waals surface area contributed by atoms with Crippen molar-refractivity contribution in [2.75, 3.05) is 6.61 Å². The number of hydrogen-bond acceptors (Lipinski definition) is 3. The van der Waals surface area contributed by atoms with Gasteiger partial charge in [-0.05, 0) is 24.6 Å². The Morgan fingerprint density at radius 3 is 2.53 bits per heavy atom. The van der Waals surface area contributed by atoms with Gasteiger partial charge in [0.15, 0.2) is 0 Å². The first kappa shape index (κ1) is 13.1. The number of rotatable bonds is 4. The summed E-state index contributed by atoms with van der Waals surface area (Å²) < 4.78 is 5.50. The molecule has 0 aromatic heterocycles. The van der Waals surface area contributed by atoms with E-state index in [1.165, 1.54) is 0 Å². The van der Waals surface area contributed by atoms with E-state index in [2.05, 4.69) is 6.07 Å². The molecule has 3 heteroatoms. The Morgan fingerprint density at radius 2 is 1.84 bits per heavy atom. The SMILES string of the molecule is Cc1ccc(C(O)COc2ccccc2C#N)cc1. The van der Waals surface area contributed by atoms with Crippen molar-refractivity contribution in [2.24, 2.45) is 0 Å². The van der Waals surface area contributed by atoms with E-state index in [0.29, 0.717) is 11.3 Å². The quantitative estimate of drug-likeness (QED) is 0.911. The van der Waals surface area contributed by atoms with Gasteiger partial charge < -0.3 is 9.84 Å². The van der Waals surface area contributed by atoms with E-state index in [9.17, 15) is 5.11 Å². The molecule has 3 nitrogen and oxygen atoms in total. The van der Waals surface area contributed by atoms with Crippen molar-refractivity contribution < 1.29 is 9.84 Å². The third kappa shape index (κ3) is 3.34. The molecule has 0 bridgehead atoms. The van der Waals surface area contributed by atoms with E-state index in [4.69, 9.17) is 10.00 Å². The number of aliphatic hydroxyl groups is 1. The molecule has 96 valence electrons. The first-order chi connectivity index (χ1) is 9.20. The van der Waals surface area contributed by atoms with Gasteiger partial charge in [0.25, 0.3) is 0 Å². The molecule has 0 saturated heterocycles. The molecule has 0 amide bonds. The Labute approximate surface area is 112 Å². The maximum absolute atomic E-state index is 10.0.